The molecule has 1 fully saturated rings. The molecule has 0 spiro atoms. The van der Waals surface area contributed by atoms with Gasteiger partial charge in [0.1, 0.15) is 12.3 Å². The maximum atomic E-state index is 13.4. The minimum absolute atomic E-state index is 0.0940. The van der Waals surface area contributed by atoms with Gasteiger partial charge in [-0.1, -0.05) is 39.8 Å². The summed E-state index contributed by atoms with van der Waals surface area (Å²) < 4.78 is 53.6. The van der Waals surface area contributed by atoms with Crippen LogP contribution in [-0.2, 0) is 37.3 Å². The van der Waals surface area contributed by atoms with Crippen molar-refractivity contribution in [3.63, 3.8) is 0 Å². The van der Waals surface area contributed by atoms with E-state index in [2.05, 4.69) is 23.1 Å². The lowest BCUT2D eigenvalue weighted by Crippen LogP contribution is -2.31. The zero-order valence-electron chi connectivity index (χ0n) is 21.7. The van der Waals surface area contributed by atoms with Gasteiger partial charge in [-0.15, -0.1) is 0 Å². The Morgan fingerprint density at radius 2 is 1.86 bits per heavy atom. The van der Waals surface area contributed by atoms with Crippen LogP contribution in [0.2, 0.25) is 0 Å². The van der Waals surface area contributed by atoms with E-state index in [0.717, 1.165) is 6.33 Å². The molecule has 24 heteroatoms. The Labute approximate surface area is 249 Å². The Hall–Kier alpha value is -1.93. The van der Waals surface area contributed by atoms with E-state index < -0.39 is 65.9 Å². The van der Waals surface area contributed by atoms with Gasteiger partial charge in [0, 0.05) is 17.7 Å². The van der Waals surface area contributed by atoms with Crippen LogP contribution >= 0.6 is 45.1 Å². The number of anilines is 1. The number of aliphatic hydroxyl groups is 1. The molecule has 3 heterocycles. The summed E-state index contributed by atoms with van der Waals surface area (Å²) in [5.41, 5.74) is 5.77. The van der Waals surface area contributed by atoms with Gasteiger partial charge in [-0.2, -0.15) is 13.6 Å². The predicted molar refractivity (Wildman–Crippen MR) is 152 cm³/mol. The smallest absolute Gasteiger partial charge is 0.390 e. The van der Waals surface area contributed by atoms with Gasteiger partial charge in [0.15, 0.2) is 11.2 Å². The summed E-state index contributed by atoms with van der Waals surface area (Å²) in [5.74, 6) is -0.658. The van der Waals surface area contributed by atoms with Crippen LogP contribution in [0.5, 0.6) is 0 Å². The number of benzene rings is 1. The highest BCUT2D eigenvalue weighted by Gasteiger charge is 2.43. The van der Waals surface area contributed by atoms with E-state index in [1.54, 1.807) is 24.3 Å². The van der Waals surface area contributed by atoms with Gasteiger partial charge in [0.2, 0.25) is 5.95 Å². The molecular weight excluding hydrogens is 679 g/mol. The van der Waals surface area contributed by atoms with Crippen LogP contribution in [0.4, 0.5) is 5.95 Å². The zero-order valence-corrected chi connectivity index (χ0v) is 26.0. The number of aliphatic hydroxyl groups excluding tert-OH is 1. The number of nitrogens with zero attached hydrogens (tertiary/aromatic N) is 4. The molecule has 3 aromatic rings. The molecule has 2 aromatic heterocycles. The molecule has 2 unspecified atom stereocenters. The molecule has 5 atom stereocenters. The van der Waals surface area contributed by atoms with Crippen molar-refractivity contribution in [1.29, 1.82) is 0 Å². The zero-order chi connectivity index (χ0) is 31.7. The number of hydrogen-bond donors (Lipinski definition) is 6. The van der Waals surface area contributed by atoms with Gasteiger partial charge in [-0.05, 0) is 17.9 Å². The fourth-order valence-electron chi connectivity index (χ4n) is 4.00. The van der Waals surface area contributed by atoms with Crippen molar-refractivity contribution >= 4 is 68.1 Å². The van der Waals surface area contributed by atoms with Crippen molar-refractivity contribution in [2.75, 3.05) is 18.6 Å². The number of aromatic nitrogens is 4. The minimum Gasteiger partial charge on any atom is -0.390 e. The molecule has 0 bridgehead atoms. The van der Waals surface area contributed by atoms with Gasteiger partial charge in [-0.25, -0.2) is 23.2 Å². The Bertz CT molecular complexity index is 1730. The van der Waals surface area contributed by atoms with Crippen LogP contribution in [0, 0.1) is 0 Å². The van der Waals surface area contributed by atoms with Gasteiger partial charge >= 0.3 is 23.5 Å². The van der Waals surface area contributed by atoms with Crippen LogP contribution in [0.15, 0.2) is 35.4 Å². The molecule has 1 aliphatic heterocycles. The second-order valence-corrected chi connectivity index (χ2v) is 15.6. The van der Waals surface area contributed by atoms with Crippen LogP contribution in [0.1, 0.15) is 28.6 Å². The molecule has 1 saturated heterocycles. The number of carbonyl (C=O) groups is 1. The molecule has 43 heavy (non-hydrogen) atoms. The fraction of sp³-hybridized carbons (Fsp3) is 0.368. The first kappa shape index (κ1) is 34.0. The second-order valence-electron chi connectivity index (χ2n) is 8.64. The summed E-state index contributed by atoms with van der Waals surface area (Å²) >= 11 is 0. The van der Waals surface area contributed by atoms with Crippen LogP contribution in [0.25, 0.3) is 11.2 Å². The number of ether oxygens (including phenoxy) is 1. The lowest BCUT2D eigenvalue weighted by Gasteiger charge is -2.19. The van der Waals surface area contributed by atoms with E-state index in [1.165, 1.54) is 26.2 Å². The molecule has 19 nitrogen and oxygen atoms in total. The predicted octanol–water partition coefficient (Wildman–Crippen LogP) is 1.37. The third kappa shape index (κ3) is 8.22. The molecular formula is C19H24N5O14P3S2. The number of nitrogens with two attached hydrogens (primary N) is 1. The summed E-state index contributed by atoms with van der Waals surface area (Å²) in [5, 5.41) is 10.4. The number of hydrogen-bond acceptors (Lipinski definition) is 15. The van der Waals surface area contributed by atoms with E-state index in [0.29, 0.717) is 15.9 Å². The summed E-state index contributed by atoms with van der Waals surface area (Å²) in [4.78, 5) is 71.0. The highest BCUT2D eigenvalue weighted by atomic mass is 33.1. The Morgan fingerprint density at radius 1 is 1.16 bits per heavy atom. The van der Waals surface area contributed by atoms with Crippen molar-refractivity contribution in [2.24, 2.45) is 0 Å². The molecule has 1 aliphatic rings. The third-order valence-corrected chi connectivity index (χ3v) is 11.3. The molecule has 0 amide bonds. The van der Waals surface area contributed by atoms with Gasteiger partial charge in [0.25, 0.3) is 11.5 Å². The summed E-state index contributed by atoms with van der Waals surface area (Å²) in [6.45, 7) is -0.904. The quantitative estimate of drug-likeness (QED) is 0.115. The minimum atomic E-state index is -5.73. The standard InChI is InChI=1S/C19H24N5O14P3S2/c1-42-43-8-10-4-2-3-5-11(10)17(26)24-18(27)15-16(22-19(24)20)23(9-21-15)14-6-12(25)13(36-14)7-35-40(31,32)38-41(33,34)37-39(28,29)30/h2-5,9,12-14,25H,6-8H2,1H3,(H2,20,22)(H,31,32)(H,33,34)(H2,28,29,30)/t12-,13-,14-/m1/s1. The number of rotatable bonds is 12. The van der Waals surface area contributed by atoms with Crippen molar-refractivity contribution in [1.82, 2.24) is 19.1 Å². The average molecular weight is 703 g/mol. The lowest BCUT2D eigenvalue weighted by molar-refractivity contribution is -0.0423. The van der Waals surface area contributed by atoms with E-state index in [9.17, 15) is 38.2 Å². The van der Waals surface area contributed by atoms with Crippen molar-refractivity contribution in [3.05, 3.63) is 52.1 Å². The molecule has 0 saturated carbocycles. The largest absolute Gasteiger partial charge is 0.490 e. The van der Waals surface area contributed by atoms with Crippen LogP contribution in [-0.4, -0.2) is 74.8 Å². The first-order chi connectivity index (χ1) is 20.0. The first-order valence-corrected chi connectivity index (χ1v) is 18.9. The van der Waals surface area contributed by atoms with Crippen LogP contribution in [0.3, 0.4) is 0 Å². The number of fused-ring (bicyclic) bond motifs is 1. The van der Waals surface area contributed by atoms with Crippen molar-refractivity contribution < 1.29 is 61.1 Å². The number of phosphoric acid groups is 3. The van der Waals surface area contributed by atoms with Crippen LogP contribution < -0.4 is 11.3 Å². The maximum Gasteiger partial charge on any atom is 0.490 e. The molecule has 7 N–H and O–H groups in total. The van der Waals surface area contributed by atoms with Gasteiger partial charge in [-0.3, -0.25) is 18.7 Å². The summed E-state index contributed by atoms with van der Waals surface area (Å²) in [7, 11) is -13.8. The van der Waals surface area contributed by atoms with E-state index in [4.69, 9.17) is 20.3 Å². The molecule has 0 radical (unpaired) electrons. The number of imidazole rings is 1. The van der Waals surface area contributed by atoms with Crippen molar-refractivity contribution in [3.8, 4) is 0 Å². The Kier molecular flexibility index (Phi) is 10.4. The Balaban J connectivity index is 1.52. The SMILES string of the molecule is CSSCc1ccccc1C(=O)n1c(N)nc2c(ncn2[C@H]2C[C@@H](O)[C@@H](COP(=O)(O)OP(=O)(O)OP(=O)(O)O)O2)c1=O. The Morgan fingerprint density at radius 3 is 2.53 bits per heavy atom. The van der Waals surface area contributed by atoms with E-state index in [1.807, 2.05) is 6.26 Å². The molecule has 1 aromatic carbocycles. The van der Waals surface area contributed by atoms with E-state index >= 15 is 0 Å². The molecule has 236 valence electrons. The van der Waals surface area contributed by atoms with Gasteiger partial charge < -0.3 is 35.2 Å². The topological polar surface area (TPSA) is 285 Å². The van der Waals surface area contributed by atoms with Gasteiger partial charge in [0.05, 0.1) is 19.0 Å². The highest BCUT2D eigenvalue weighted by Crippen LogP contribution is 2.66. The third-order valence-electron chi connectivity index (χ3n) is 5.74. The number of phosphoric ester groups is 1. The number of nitrogen functional groups attached to an aromatic ring is 1. The maximum absolute atomic E-state index is 13.4. The normalized spacial score (nSPS) is 22.0. The average Bonchev–Trinajstić information content (AvgIpc) is 3.47. The van der Waals surface area contributed by atoms with E-state index in [-0.39, 0.29) is 23.1 Å². The first-order valence-electron chi connectivity index (χ1n) is 11.7. The highest BCUT2D eigenvalue weighted by molar-refractivity contribution is 8.76. The summed E-state index contributed by atoms with van der Waals surface area (Å²) in [6, 6.07) is 6.71. The summed E-state index contributed by atoms with van der Waals surface area (Å²) in [6.07, 6.45) is -0.917. The monoisotopic (exact) mass is 703 g/mol. The molecule has 0 aliphatic carbocycles. The fourth-order valence-corrected chi connectivity index (χ4v) is 8.26. The number of carbonyl (C=O) groups excluding carboxylic acids is 1. The lowest BCUT2D eigenvalue weighted by atomic mass is 10.1. The molecule has 4 rings (SSSR count). The second kappa shape index (κ2) is 13.2. The van der Waals surface area contributed by atoms with Crippen molar-refractivity contribution in [2.45, 2.75) is 30.6 Å².